The van der Waals surface area contributed by atoms with Gasteiger partial charge in [0.15, 0.2) is 9.84 Å². The molecule has 0 saturated carbocycles. The molecule has 1 aromatic carbocycles. The Bertz CT molecular complexity index is 800. The van der Waals surface area contributed by atoms with Gasteiger partial charge in [0.2, 0.25) is 5.88 Å². The number of urea groups is 1. The number of nitrogens with two attached hydrogens (primary N) is 1. The molecule has 0 atom stereocenters. The molecule has 2 aromatic rings. The number of primary amides is 1. The lowest BCUT2D eigenvalue weighted by molar-refractivity contribution is 0.259. The number of ether oxygens (including phenoxy) is 1. The number of aromatic nitrogens is 2. The Morgan fingerprint density at radius 2 is 2.00 bits per heavy atom. The number of hydrogen-bond donors (Lipinski definition) is 2. The maximum absolute atomic E-state index is 11.2. The zero-order valence-corrected chi connectivity index (χ0v) is 13.6. The minimum Gasteiger partial charge on any atom is -0.475 e. The van der Waals surface area contributed by atoms with Crippen molar-refractivity contribution in [3.05, 3.63) is 35.9 Å². The predicted octanol–water partition coefficient (Wildman–Crippen LogP) is 1.09. The Balaban J connectivity index is 2.34. The maximum atomic E-state index is 11.2. The number of sulfone groups is 1. The molecule has 2 rings (SSSR count). The number of nitrogens with one attached hydrogen (secondary N) is 1. The van der Waals surface area contributed by atoms with Gasteiger partial charge in [0, 0.05) is 6.26 Å². The van der Waals surface area contributed by atoms with E-state index < -0.39 is 15.9 Å². The molecule has 0 fully saturated rings. The second-order valence-corrected chi connectivity index (χ2v) is 7.25. The standard InChI is InChI=1S/C14H18N4O4S/c1-10-12(16-14(15)19)18(11-6-4-3-5-7-11)17-13(10)22-8-9-23(2,20)21/h3-7H,8-9H2,1-2H3,(H3,15,16,19). The molecule has 0 spiro atoms. The van der Waals surface area contributed by atoms with Crippen LogP contribution < -0.4 is 15.8 Å². The summed E-state index contributed by atoms with van der Waals surface area (Å²) in [5, 5.41) is 6.79. The highest BCUT2D eigenvalue weighted by molar-refractivity contribution is 7.90. The van der Waals surface area contributed by atoms with E-state index in [0.717, 1.165) is 6.26 Å². The third-order valence-electron chi connectivity index (χ3n) is 3.01. The van der Waals surface area contributed by atoms with Gasteiger partial charge in [-0.3, -0.25) is 5.32 Å². The Hall–Kier alpha value is -2.55. The molecule has 0 radical (unpaired) electrons. The van der Waals surface area contributed by atoms with Crippen molar-refractivity contribution in [1.29, 1.82) is 0 Å². The Morgan fingerprint density at radius 3 is 2.57 bits per heavy atom. The van der Waals surface area contributed by atoms with Crippen molar-refractivity contribution >= 4 is 21.7 Å². The minimum atomic E-state index is -3.13. The van der Waals surface area contributed by atoms with Crippen molar-refractivity contribution in [3.63, 3.8) is 0 Å². The number of benzene rings is 1. The Kier molecular flexibility index (Phi) is 4.89. The van der Waals surface area contributed by atoms with Crippen molar-refractivity contribution in [3.8, 4) is 11.6 Å². The monoisotopic (exact) mass is 338 g/mol. The van der Waals surface area contributed by atoms with Crippen LogP contribution in [-0.4, -0.2) is 42.8 Å². The molecule has 9 heteroatoms. The number of para-hydroxylation sites is 1. The lowest BCUT2D eigenvalue weighted by Gasteiger charge is -2.07. The fourth-order valence-corrected chi connectivity index (χ4v) is 2.31. The van der Waals surface area contributed by atoms with Crippen molar-refractivity contribution in [2.75, 3.05) is 23.9 Å². The molecular weight excluding hydrogens is 320 g/mol. The van der Waals surface area contributed by atoms with Crippen LogP contribution in [0.3, 0.4) is 0 Å². The van der Waals surface area contributed by atoms with Gasteiger partial charge in [0.05, 0.1) is 17.0 Å². The quantitative estimate of drug-likeness (QED) is 0.818. The summed E-state index contributed by atoms with van der Waals surface area (Å²) in [5.41, 5.74) is 6.46. The van der Waals surface area contributed by atoms with Crippen molar-refractivity contribution in [1.82, 2.24) is 9.78 Å². The molecule has 0 aliphatic rings. The van der Waals surface area contributed by atoms with Crippen LogP contribution in [-0.2, 0) is 9.84 Å². The van der Waals surface area contributed by atoms with Crippen LogP contribution in [0.15, 0.2) is 30.3 Å². The van der Waals surface area contributed by atoms with Crippen molar-refractivity contribution in [2.45, 2.75) is 6.92 Å². The molecule has 0 saturated heterocycles. The summed E-state index contributed by atoms with van der Waals surface area (Å²) in [4.78, 5) is 11.2. The van der Waals surface area contributed by atoms with E-state index in [1.54, 1.807) is 19.1 Å². The molecule has 0 aliphatic carbocycles. The van der Waals surface area contributed by atoms with Crippen LogP contribution in [0.1, 0.15) is 5.56 Å². The SMILES string of the molecule is Cc1c(OCCS(C)(=O)=O)nn(-c2ccccc2)c1NC(N)=O. The minimum absolute atomic E-state index is 0.0263. The van der Waals surface area contributed by atoms with Gasteiger partial charge >= 0.3 is 6.03 Å². The van der Waals surface area contributed by atoms with E-state index in [9.17, 15) is 13.2 Å². The van der Waals surface area contributed by atoms with Crippen LogP contribution in [0, 0.1) is 6.92 Å². The average Bonchev–Trinajstić information content (AvgIpc) is 2.76. The van der Waals surface area contributed by atoms with E-state index in [2.05, 4.69) is 10.4 Å². The Labute approximate surface area is 134 Å². The van der Waals surface area contributed by atoms with E-state index in [4.69, 9.17) is 10.5 Å². The second-order valence-electron chi connectivity index (χ2n) is 4.99. The molecule has 1 heterocycles. The second kappa shape index (κ2) is 6.69. The molecule has 0 unspecified atom stereocenters. The fourth-order valence-electron chi connectivity index (χ4n) is 1.92. The van der Waals surface area contributed by atoms with Crippen molar-refractivity contribution < 1.29 is 17.9 Å². The first-order chi connectivity index (χ1) is 10.8. The summed E-state index contributed by atoms with van der Waals surface area (Å²) >= 11 is 0. The highest BCUT2D eigenvalue weighted by Crippen LogP contribution is 2.28. The molecule has 124 valence electrons. The van der Waals surface area contributed by atoms with Gasteiger partial charge in [-0.25, -0.2) is 17.9 Å². The summed E-state index contributed by atoms with van der Waals surface area (Å²) in [5.74, 6) is 0.489. The number of amides is 2. The van der Waals surface area contributed by atoms with Crippen LogP contribution >= 0.6 is 0 Å². The van der Waals surface area contributed by atoms with Gasteiger partial charge in [-0.2, -0.15) is 0 Å². The Morgan fingerprint density at radius 1 is 1.35 bits per heavy atom. The highest BCUT2D eigenvalue weighted by atomic mass is 32.2. The zero-order valence-electron chi connectivity index (χ0n) is 12.8. The van der Waals surface area contributed by atoms with Gasteiger partial charge in [-0.15, -0.1) is 5.10 Å². The molecule has 3 N–H and O–H groups in total. The third kappa shape index (κ3) is 4.46. The van der Waals surface area contributed by atoms with E-state index >= 15 is 0 Å². The summed E-state index contributed by atoms with van der Waals surface area (Å²) in [7, 11) is -3.13. The normalized spacial score (nSPS) is 11.2. The lowest BCUT2D eigenvalue weighted by Crippen LogP contribution is -2.21. The highest BCUT2D eigenvalue weighted by Gasteiger charge is 2.18. The molecular formula is C14H18N4O4S. The van der Waals surface area contributed by atoms with Gasteiger partial charge in [-0.05, 0) is 19.1 Å². The lowest BCUT2D eigenvalue weighted by atomic mass is 10.3. The molecule has 8 nitrogen and oxygen atoms in total. The van der Waals surface area contributed by atoms with Gasteiger partial charge in [0.25, 0.3) is 0 Å². The number of hydrogen-bond acceptors (Lipinski definition) is 5. The number of carbonyl (C=O) groups is 1. The smallest absolute Gasteiger partial charge is 0.317 e. The van der Waals surface area contributed by atoms with Crippen LogP contribution in [0.2, 0.25) is 0 Å². The molecule has 23 heavy (non-hydrogen) atoms. The van der Waals surface area contributed by atoms with Crippen LogP contribution in [0.25, 0.3) is 5.69 Å². The molecule has 0 aliphatic heterocycles. The van der Waals surface area contributed by atoms with E-state index in [-0.39, 0.29) is 18.2 Å². The van der Waals surface area contributed by atoms with E-state index in [1.807, 2.05) is 18.2 Å². The number of rotatable bonds is 6. The third-order valence-corrected chi connectivity index (χ3v) is 3.92. The largest absolute Gasteiger partial charge is 0.475 e. The fraction of sp³-hybridized carbons (Fsp3) is 0.286. The first-order valence-corrected chi connectivity index (χ1v) is 8.86. The summed E-state index contributed by atoms with van der Waals surface area (Å²) < 4.78 is 29.2. The summed E-state index contributed by atoms with van der Waals surface area (Å²) in [6.45, 7) is 1.68. The summed E-state index contributed by atoms with van der Waals surface area (Å²) in [6, 6.07) is 8.38. The van der Waals surface area contributed by atoms with Gasteiger partial charge in [0.1, 0.15) is 12.4 Å². The number of carbonyl (C=O) groups excluding carboxylic acids is 1. The molecule has 0 bridgehead atoms. The topological polar surface area (TPSA) is 116 Å². The first kappa shape index (κ1) is 16.8. The zero-order chi connectivity index (χ0) is 17.0. The van der Waals surface area contributed by atoms with Crippen LogP contribution in [0.5, 0.6) is 5.88 Å². The van der Waals surface area contributed by atoms with Crippen molar-refractivity contribution in [2.24, 2.45) is 5.73 Å². The number of anilines is 1. The van der Waals surface area contributed by atoms with E-state index in [0.29, 0.717) is 17.1 Å². The predicted molar refractivity (Wildman–Crippen MR) is 86.7 cm³/mol. The summed E-state index contributed by atoms with van der Waals surface area (Å²) in [6.07, 6.45) is 1.13. The molecule has 1 aromatic heterocycles. The van der Waals surface area contributed by atoms with Gasteiger partial charge in [-0.1, -0.05) is 18.2 Å². The van der Waals surface area contributed by atoms with E-state index in [1.165, 1.54) is 4.68 Å². The van der Waals surface area contributed by atoms with Gasteiger partial charge < -0.3 is 10.5 Å². The van der Waals surface area contributed by atoms with Crippen LogP contribution in [0.4, 0.5) is 10.6 Å². The number of nitrogens with zero attached hydrogens (tertiary/aromatic N) is 2. The molecule has 2 amide bonds. The first-order valence-electron chi connectivity index (χ1n) is 6.80. The maximum Gasteiger partial charge on any atom is 0.317 e. The average molecular weight is 338 g/mol.